The smallest absolute Gasteiger partial charge is 0.407 e. The maximum atomic E-state index is 12.3. The number of amides is 2. The van der Waals surface area contributed by atoms with Crippen molar-refractivity contribution in [2.24, 2.45) is 5.92 Å². The van der Waals surface area contributed by atoms with E-state index in [-0.39, 0.29) is 25.3 Å². The molecule has 0 saturated heterocycles. The third kappa shape index (κ3) is 6.82. The summed E-state index contributed by atoms with van der Waals surface area (Å²) >= 11 is 0. The van der Waals surface area contributed by atoms with Gasteiger partial charge in [-0.3, -0.25) is 0 Å². The molecule has 2 aromatic rings. The molecule has 1 fully saturated rings. The first-order valence-corrected chi connectivity index (χ1v) is 10.0. The Kier molecular flexibility index (Phi) is 7.50. The zero-order valence-corrected chi connectivity index (χ0v) is 16.7. The van der Waals surface area contributed by atoms with Gasteiger partial charge in [0.1, 0.15) is 13.2 Å². The fourth-order valence-corrected chi connectivity index (χ4v) is 3.55. The van der Waals surface area contributed by atoms with Crippen molar-refractivity contribution in [3.05, 3.63) is 71.8 Å². The van der Waals surface area contributed by atoms with E-state index in [1.807, 2.05) is 60.7 Å². The van der Waals surface area contributed by atoms with E-state index in [1.54, 1.807) is 0 Å². The van der Waals surface area contributed by atoms with Crippen LogP contribution in [-0.2, 0) is 22.7 Å². The van der Waals surface area contributed by atoms with Gasteiger partial charge in [0.15, 0.2) is 0 Å². The highest BCUT2D eigenvalue weighted by Gasteiger charge is 2.31. The van der Waals surface area contributed by atoms with Crippen molar-refractivity contribution >= 4 is 12.2 Å². The van der Waals surface area contributed by atoms with Crippen LogP contribution in [0.4, 0.5) is 9.59 Å². The Balaban J connectivity index is 1.48. The van der Waals surface area contributed by atoms with Crippen LogP contribution in [-0.4, -0.2) is 24.3 Å². The third-order valence-electron chi connectivity index (χ3n) is 5.14. The molecule has 0 aromatic heterocycles. The normalized spacial score (nSPS) is 21.1. The summed E-state index contributed by atoms with van der Waals surface area (Å²) in [6, 6.07) is 18.7. The van der Waals surface area contributed by atoms with Crippen LogP contribution in [0.5, 0.6) is 0 Å². The molecule has 0 spiro atoms. The Morgan fingerprint density at radius 2 is 1.28 bits per heavy atom. The Labute approximate surface area is 171 Å². The van der Waals surface area contributed by atoms with Gasteiger partial charge in [-0.15, -0.1) is 0 Å². The zero-order chi connectivity index (χ0) is 20.5. The molecule has 154 valence electrons. The number of hydrogen-bond donors (Lipinski definition) is 2. The van der Waals surface area contributed by atoms with Gasteiger partial charge in [0, 0.05) is 0 Å². The number of rotatable bonds is 6. The van der Waals surface area contributed by atoms with Crippen molar-refractivity contribution < 1.29 is 19.1 Å². The van der Waals surface area contributed by atoms with Crippen LogP contribution < -0.4 is 10.6 Å². The number of alkyl carbamates (subject to hydrolysis) is 2. The second-order valence-corrected chi connectivity index (χ2v) is 7.54. The van der Waals surface area contributed by atoms with E-state index in [4.69, 9.17) is 9.47 Å². The summed E-state index contributed by atoms with van der Waals surface area (Å²) in [5.74, 6) is 0.466. The molecule has 2 aromatic carbocycles. The lowest BCUT2D eigenvalue weighted by atomic mass is 9.83. The molecule has 1 unspecified atom stereocenters. The molecule has 3 rings (SSSR count). The maximum absolute atomic E-state index is 12.3. The molecule has 3 atom stereocenters. The Bertz CT molecular complexity index is 782. The van der Waals surface area contributed by atoms with Crippen molar-refractivity contribution in [1.82, 2.24) is 10.6 Å². The molecule has 2 N–H and O–H groups in total. The Hall–Kier alpha value is -3.02. The van der Waals surface area contributed by atoms with Gasteiger partial charge >= 0.3 is 12.2 Å². The number of nitrogens with one attached hydrogen (secondary N) is 2. The predicted molar refractivity (Wildman–Crippen MR) is 110 cm³/mol. The molecule has 1 aliphatic rings. The summed E-state index contributed by atoms with van der Waals surface area (Å²) in [7, 11) is 0. The van der Waals surface area contributed by atoms with Gasteiger partial charge in [-0.25, -0.2) is 9.59 Å². The molecular formula is C23H28N2O4. The van der Waals surface area contributed by atoms with Crippen molar-refractivity contribution in [2.75, 3.05) is 0 Å². The van der Waals surface area contributed by atoms with Gasteiger partial charge in [-0.2, -0.15) is 0 Å². The molecule has 6 nitrogen and oxygen atoms in total. The molecule has 0 heterocycles. The number of carbonyl (C=O) groups is 2. The summed E-state index contributed by atoms with van der Waals surface area (Å²) in [6.07, 6.45) is 1.60. The van der Waals surface area contributed by atoms with Crippen LogP contribution >= 0.6 is 0 Å². The summed E-state index contributed by atoms with van der Waals surface area (Å²) in [4.78, 5) is 24.5. The molecule has 0 aliphatic heterocycles. The molecular weight excluding hydrogens is 368 g/mol. The highest BCUT2D eigenvalue weighted by molar-refractivity contribution is 5.69. The first-order valence-electron chi connectivity index (χ1n) is 10.0. The lowest BCUT2D eigenvalue weighted by Crippen LogP contribution is -2.54. The number of carbonyl (C=O) groups excluding carboxylic acids is 2. The van der Waals surface area contributed by atoms with E-state index >= 15 is 0 Å². The van der Waals surface area contributed by atoms with Crippen molar-refractivity contribution in [3.8, 4) is 0 Å². The van der Waals surface area contributed by atoms with Crippen LogP contribution in [0.15, 0.2) is 60.7 Å². The van der Waals surface area contributed by atoms with E-state index < -0.39 is 12.2 Å². The van der Waals surface area contributed by atoms with Crippen LogP contribution in [0.3, 0.4) is 0 Å². The lowest BCUT2D eigenvalue weighted by Gasteiger charge is -2.35. The van der Waals surface area contributed by atoms with E-state index in [0.717, 1.165) is 30.4 Å². The molecule has 6 heteroatoms. The quantitative estimate of drug-likeness (QED) is 0.759. The van der Waals surface area contributed by atoms with Gasteiger partial charge in [-0.05, 0) is 36.3 Å². The average molecular weight is 396 g/mol. The molecule has 2 amide bonds. The molecule has 29 heavy (non-hydrogen) atoms. The van der Waals surface area contributed by atoms with Gasteiger partial charge in [-0.1, -0.05) is 67.6 Å². The zero-order valence-electron chi connectivity index (χ0n) is 16.7. The average Bonchev–Trinajstić information content (AvgIpc) is 2.74. The first-order chi connectivity index (χ1) is 14.1. The number of benzene rings is 2. The van der Waals surface area contributed by atoms with Crippen LogP contribution in [0.2, 0.25) is 0 Å². The SMILES string of the molecule is CC1CC[C@H](NC(=O)OCc2ccccc2)[C@@H](NC(=O)OCc2ccccc2)C1. The second-order valence-electron chi connectivity index (χ2n) is 7.54. The van der Waals surface area contributed by atoms with E-state index in [1.165, 1.54) is 0 Å². The summed E-state index contributed by atoms with van der Waals surface area (Å²) in [6.45, 7) is 2.58. The molecule has 1 aliphatic carbocycles. The minimum Gasteiger partial charge on any atom is -0.445 e. The predicted octanol–water partition coefficient (Wildman–Crippen LogP) is 4.40. The molecule has 1 saturated carbocycles. The highest BCUT2D eigenvalue weighted by atomic mass is 16.6. The second kappa shape index (κ2) is 10.5. The van der Waals surface area contributed by atoms with Crippen molar-refractivity contribution in [2.45, 2.75) is 51.5 Å². The highest BCUT2D eigenvalue weighted by Crippen LogP contribution is 2.24. The van der Waals surface area contributed by atoms with Gasteiger partial charge in [0.2, 0.25) is 0 Å². The largest absolute Gasteiger partial charge is 0.445 e. The number of ether oxygens (including phenoxy) is 2. The summed E-state index contributed by atoms with van der Waals surface area (Å²) in [5.41, 5.74) is 1.86. The van der Waals surface area contributed by atoms with E-state index in [0.29, 0.717) is 5.92 Å². The van der Waals surface area contributed by atoms with Gasteiger partial charge < -0.3 is 20.1 Å². The standard InChI is InChI=1S/C23H28N2O4/c1-17-12-13-20(24-22(26)28-15-18-8-4-2-5-9-18)21(14-17)25-23(27)29-16-19-10-6-3-7-11-19/h2-11,17,20-21H,12-16H2,1H3,(H,24,26)(H,25,27)/t17?,20-,21-/m0/s1. The van der Waals surface area contributed by atoms with E-state index in [2.05, 4.69) is 17.6 Å². The number of hydrogen-bond acceptors (Lipinski definition) is 4. The summed E-state index contributed by atoms with van der Waals surface area (Å²) in [5, 5.41) is 5.82. The molecule has 0 bridgehead atoms. The van der Waals surface area contributed by atoms with Crippen molar-refractivity contribution in [1.29, 1.82) is 0 Å². The molecule has 0 radical (unpaired) electrons. The van der Waals surface area contributed by atoms with Gasteiger partial charge in [0.25, 0.3) is 0 Å². The Morgan fingerprint density at radius 1 is 0.793 bits per heavy atom. The maximum Gasteiger partial charge on any atom is 0.407 e. The van der Waals surface area contributed by atoms with E-state index in [9.17, 15) is 9.59 Å². The minimum absolute atomic E-state index is 0.182. The monoisotopic (exact) mass is 396 g/mol. The van der Waals surface area contributed by atoms with Crippen LogP contribution in [0.1, 0.15) is 37.3 Å². The van der Waals surface area contributed by atoms with Crippen molar-refractivity contribution in [3.63, 3.8) is 0 Å². The minimum atomic E-state index is -0.475. The fourth-order valence-electron chi connectivity index (χ4n) is 3.55. The lowest BCUT2D eigenvalue weighted by molar-refractivity contribution is 0.114. The third-order valence-corrected chi connectivity index (χ3v) is 5.14. The van der Waals surface area contributed by atoms with Crippen LogP contribution in [0.25, 0.3) is 0 Å². The Morgan fingerprint density at radius 3 is 1.79 bits per heavy atom. The fraction of sp³-hybridized carbons (Fsp3) is 0.391. The first kappa shape index (κ1) is 20.7. The van der Waals surface area contributed by atoms with Crippen LogP contribution in [0, 0.1) is 5.92 Å². The van der Waals surface area contributed by atoms with Gasteiger partial charge in [0.05, 0.1) is 12.1 Å². The summed E-state index contributed by atoms with van der Waals surface area (Å²) < 4.78 is 10.7. The topological polar surface area (TPSA) is 76.7 Å².